The van der Waals surface area contributed by atoms with E-state index in [1.54, 1.807) is 0 Å². The molecule has 1 aliphatic rings. The third-order valence-corrected chi connectivity index (χ3v) is 2.78. The largest absolute Gasteiger partial charge is 0.487 e. The summed E-state index contributed by atoms with van der Waals surface area (Å²) in [6.45, 7) is 8.94. The van der Waals surface area contributed by atoms with Gasteiger partial charge >= 0.3 is 0 Å². The van der Waals surface area contributed by atoms with Crippen LogP contribution in [0.2, 0.25) is 0 Å². The van der Waals surface area contributed by atoms with Crippen LogP contribution in [0.5, 0.6) is 11.5 Å². The summed E-state index contributed by atoms with van der Waals surface area (Å²) in [7, 11) is 0. The number of rotatable bonds is 0. The van der Waals surface area contributed by atoms with Crippen LogP contribution in [0.3, 0.4) is 0 Å². The van der Waals surface area contributed by atoms with Crippen LogP contribution in [-0.2, 0) is 10.2 Å². The van der Waals surface area contributed by atoms with Gasteiger partial charge in [-0.05, 0) is 23.1 Å². The van der Waals surface area contributed by atoms with Gasteiger partial charge in [0.25, 0.3) is 0 Å². The topological polar surface area (TPSA) is 27.7 Å². The first-order valence-electron chi connectivity index (χ1n) is 6.05. The molecule has 0 unspecified atom stereocenters. The average Bonchev–Trinajstić information content (AvgIpc) is 2.38. The van der Waals surface area contributed by atoms with E-state index < -0.39 is 0 Å². The summed E-state index contributed by atoms with van der Waals surface area (Å²) in [5.74, 6) is 1.63. The highest BCUT2D eigenvalue weighted by molar-refractivity contribution is 5.44. The molecule has 1 aromatic carbocycles. The summed E-state index contributed by atoms with van der Waals surface area (Å²) in [4.78, 5) is 0. The predicted molar refractivity (Wildman–Crippen MR) is 67.0 cm³/mol. The van der Waals surface area contributed by atoms with Gasteiger partial charge in [-0.2, -0.15) is 0 Å². The Bertz CT molecular complexity index is 380. The average molecular weight is 236 g/mol. The Morgan fingerprint density at radius 2 is 1.53 bits per heavy atom. The summed E-state index contributed by atoms with van der Waals surface area (Å²) in [5.41, 5.74) is 1.37. The lowest BCUT2D eigenvalue weighted by Crippen LogP contribution is -2.12. The van der Waals surface area contributed by atoms with Gasteiger partial charge in [-0.1, -0.05) is 26.8 Å². The summed E-state index contributed by atoms with van der Waals surface area (Å²) < 4.78 is 16.7. The SMILES string of the molecule is CC(C)(C)c1ccc2c(c1)OCCOCCO2. The number of hydrogen-bond acceptors (Lipinski definition) is 3. The molecule has 0 amide bonds. The maximum absolute atomic E-state index is 5.69. The minimum atomic E-state index is 0.118. The molecular weight excluding hydrogens is 216 g/mol. The molecule has 17 heavy (non-hydrogen) atoms. The van der Waals surface area contributed by atoms with E-state index in [1.807, 2.05) is 6.07 Å². The van der Waals surface area contributed by atoms with Crippen molar-refractivity contribution in [1.29, 1.82) is 0 Å². The van der Waals surface area contributed by atoms with Crippen molar-refractivity contribution in [2.75, 3.05) is 26.4 Å². The van der Waals surface area contributed by atoms with Crippen molar-refractivity contribution in [2.45, 2.75) is 26.2 Å². The molecule has 0 fully saturated rings. The van der Waals surface area contributed by atoms with E-state index in [2.05, 4.69) is 32.9 Å². The fourth-order valence-electron chi connectivity index (χ4n) is 1.73. The predicted octanol–water partition coefficient (Wildman–Crippen LogP) is 2.77. The molecule has 0 saturated carbocycles. The summed E-state index contributed by atoms with van der Waals surface area (Å²) in [5, 5.41) is 0. The Labute approximate surface area is 103 Å². The number of fused-ring (bicyclic) bond motifs is 1. The van der Waals surface area contributed by atoms with E-state index in [-0.39, 0.29) is 5.41 Å². The molecule has 94 valence electrons. The highest BCUT2D eigenvalue weighted by Gasteiger charge is 2.17. The molecule has 0 spiro atoms. The molecule has 0 saturated heterocycles. The number of hydrogen-bond donors (Lipinski definition) is 0. The van der Waals surface area contributed by atoms with Crippen LogP contribution in [0.15, 0.2) is 18.2 Å². The fourth-order valence-corrected chi connectivity index (χ4v) is 1.73. The van der Waals surface area contributed by atoms with Crippen LogP contribution in [0, 0.1) is 0 Å². The Morgan fingerprint density at radius 3 is 2.18 bits per heavy atom. The van der Waals surface area contributed by atoms with Gasteiger partial charge in [0.05, 0.1) is 13.2 Å². The number of benzene rings is 1. The van der Waals surface area contributed by atoms with Crippen LogP contribution in [0.4, 0.5) is 0 Å². The second kappa shape index (κ2) is 4.96. The maximum Gasteiger partial charge on any atom is 0.161 e. The first kappa shape index (κ1) is 12.2. The van der Waals surface area contributed by atoms with E-state index in [1.165, 1.54) is 5.56 Å². The molecule has 0 N–H and O–H groups in total. The summed E-state index contributed by atoms with van der Waals surface area (Å²) in [6, 6.07) is 6.16. The highest BCUT2D eigenvalue weighted by Crippen LogP contribution is 2.33. The van der Waals surface area contributed by atoms with Crippen molar-refractivity contribution in [3.63, 3.8) is 0 Å². The van der Waals surface area contributed by atoms with Crippen molar-refractivity contribution in [3.8, 4) is 11.5 Å². The third kappa shape index (κ3) is 3.13. The van der Waals surface area contributed by atoms with Crippen molar-refractivity contribution in [3.05, 3.63) is 23.8 Å². The molecule has 0 aromatic heterocycles. The lowest BCUT2D eigenvalue weighted by atomic mass is 9.87. The van der Waals surface area contributed by atoms with E-state index in [4.69, 9.17) is 14.2 Å². The standard InChI is InChI=1S/C14H20O3/c1-14(2,3)11-4-5-12-13(10-11)17-9-7-15-6-8-16-12/h4-5,10H,6-9H2,1-3H3. The Balaban J connectivity index is 2.28. The molecule has 1 aromatic rings. The van der Waals surface area contributed by atoms with Gasteiger partial charge in [0.2, 0.25) is 0 Å². The van der Waals surface area contributed by atoms with Crippen LogP contribution < -0.4 is 9.47 Å². The Morgan fingerprint density at radius 1 is 0.882 bits per heavy atom. The minimum Gasteiger partial charge on any atom is -0.487 e. The molecular formula is C14H20O3. The zero-order chi connectivity index (χ0) is 12.3. The van der Waals surface area contributed by atoms with E-state index in [0.29, 0.717) is 26.4 Å². The Hall–Kier alpha value is -1.22. The van der Waals surface area contributed by atoms with E-state index in [9.17, 15) is 0 Å². The summed E-state index contributed by atoms with van der Waals surface area (Å²) >= 11 is 0. The van der Waals surface area contributed by atoms with Crippen LogP contribution in [-0.4, -0.2) is 26.4 Å². The van der Waals surface area contributed by atoms with Crippen LogP contribution in [0.25, 0.3) is 0 Å². The Kier molecular flexibility index (Phi) is 3.57. The quantitative estimate of drug-likeness (QED) is 0.693. The van der Waals surface area contributed by atoms with Crippen molar-refractivity contribution < 1.29 is 14.2 Å². The van der Waals surface area contributed by atoms with E-state index >= 15 is 0 Å². The van der Waals surface area contributed by atoms with Gasteiger partial charge in [0.1, 0.15) is 13.2 Å². The molecule has 0 bridgehead atoms. The second-order valence-electron chi connectivity index (χ2n) is 5.22. The second-order valence-corrected chi connectivity index (χ2v) is 5.22. The third-order valence-electron chi connectivity index (χ3n) is 2.78. The van der Waals surface area contributed by atoms with Gasteiger partial charge in [0.15, 0.2) is 11.5 Å². The maximum atomic E-state index is 5.69. The smallest absolute Gasteiger partial charge is 0.161 e. The zero-order valence-corrected chi connectivity index (χ0v) is 10.8. The molecule has 0 atom stereocenters. The lowest BCUT2D eigenvalue weighted by Gasteiger charge is -2.21. The van der Waals surface area contributed by atoms with Gasteiger partial charge in [-0.25, -0.2) is 0 Å². The summed E-state index contributed by atoms with van der Waals surface area (Å²) in [6.07, 6.45) is 0. The lowest BCUT2D eigenvalue weighted by molar-refractivity contribution is 0.0877. The van der Waals surface area contributed by atoms with Gasteiger partial charge in [-0.3, -0.25) is 0 Å². The highest BCUT2D eigenvalue weighted by atomic mass is 16.6. The van der Waals surface area contributed by atoms with Crippen molar-refractivity contribution >= 4 is 0 Å². The molecule has 1 aliphatic heterocycles. The fraction of sp³-hybridized carbons (Fsp3) is 0.571. The van der Waals surface area contributed by atoms with Gasteiger partial charge in [0, 0.05) is 0 Å². The van der Waals surface area contributed by atoms with Gasteiger partial charge in [-0.15, -0.1) is 0 Å². The molecule has 3 nitrogen and oxygen atoms in total. The van der Waals surface area contributed by atoms with Crippen LogP contribution in [0.1, 0.15) is 26.3 Å². The molecule has 2 rings (SSSR count). The molecule has 0 aliphatic carbocycles. The monoisotopic (exact) mass is 236 g/mol. The van der Waals surface area contributed by atoms with E-state index in [0.717, 1.165) is 11.5 Å². The number of ether oxygens (including phenoxy) is 3. The molecule has 0 radical (unpaired) electrons. The first-order valence-corrected chi connectivity index (χ1v) is 6.05. The van der Waals surface area contributed by atoms with Crippen molar-refractivity contribution in [2.24, 2.45) is 0 Å². The normalized spacial score (nSPS) is 16.9. The zero-order valence-electron chi connectivity index (χ0n) is 10.8. The van der Waals surface area contributed by atoms with Gasteiger partial charge < -0.3 is 14.2 Å². The molecule has 3 heteroatoms. The van der Waals surface area contributed by atoms with Crippen molar-refractivity contribution in [1.82, 2.24) is 0 Å². The van der Waals surface area contributed by atoms with Crippen LogP contribution >= 0.6 is 0 Å². The molecule has 1 heterocycles. The first-order chi connectivity index (χ1) is 8.07. The minimum absolute atomic E-state index is 0.118.